The van der Waals surface area contributed by atoms with Crippen LogP contribution in [0.5, 0.6) is 11.5 Å². The lowest BCUT2D eigenvalue weighted by Gasteiger charge is -2.15. The van der Waals surface area contributed by atoms with E-state index in [4.69, 9.17) is 14.3 Å². The van der Waals surface area contributed by atoms with Crippen LogP contribution >= 0.6 is 0 Å². The van der Waals surface area contributed by atoms with Gasteiger partial charge in [-0.2, -0.15) is 0 Å². The van der Waals surface area contributed by atoms with E-state index in [2.05, 4.69) is 10.9 Å². The Morgan fingerprint density at radius 2 is 1.67 bits per heavy atom. The first-order chi connectivity index (χ1) is 14.3. The van der Waals surface area contributed by atoms with E-state index >= 15 is 0 Å². The maximum absolute atomic E-state index is 12.3. The van der Waals surface area contributed by atoms with Crippen molar-refractivity contribution in [1.29, 1.82) is 0 Å². The number of nitrogens with zero attached hydrogens (tertiary/aromatic N) is 1. The topological polar surface area (TPSA) is 123 Å². The Bertz CT molecular complexity index is 995. The van der Waals surface area contributed by atoms with E-state index in [0.717, 1.165) is 0 Å². The zero-order chi connectivity index (χ0) is 22.1. The fourth-order valence-electron chi connectivity index (χ4n) is 2.27. The summed E-state index contributed by atoms with van der Waals surface area (Å²) in [6, 6.07) is 12.2. The van der Waals surface area contributed by atoms with E-state index in [0.29, 0.717) is 22.6 Å². The Morgan fingerprint density at radius 1 is 1.00 bits per heavy atom. The van der Waals surface area contributed by atoms with Crippen molar-refractivity contribution in [3.05, 3.63) is 54.1 Å². The molecule has 0 aliphatic rings. The van der Waals surface area contributed by atoms with Crippen LogP contribution in [0.3, 0.4) is 0 Å². The maximum atomic E-state index is 12.3. The molecule has 162 valence electrons. The monoisotopic (exact) mass is 437 g/mol. The minimum Gasteiger partial charge on any atom is -0.490 e. The third-order valence-electron chi connectivity index (χ3n) is 3.81. The molecule has 0 aliphatic heterocycles. The van der Waals surface area contributed by atoms with Crippen LogP contribution < -0.4 is 20.3 Å². The Kier molecular flexibility index (Phi) is 8.16. The number of benzene rings is 2. The molecule has 2 aromatic carbocycles. The molecule has 0 saturated heterocycles. The van der Waals surface area contributed by atoms with Crippen molar-refractivity contribution in [2.75, 3.05) is 27.4 Å². The van der Waals surface area contributed by atoms with E-state index in [1.54, 1.807) is 24.3 Å². The van der Waals surface area contributed by atoms with Crippen LogP contribution in [0.25, 0.3) is 0 Å². The number of hydrazine groups is 1. The summed E-state index contributed by atoms with van der Waals surface area (Å²) in [5.41, 5.74) is 4.44. The highest BCUT2D eigenvalue weighted by atomic mass is 32.2. The van der Waals surface area contributed by atoms with Crippen LogP contribution in [0.4, 0.5) is 0 Å². The van der Waals surface area contributed by atoms with E-state index < -0.39 is 21.8 Å². The summed E-state index contributed by atoms with van der Waals surface area (Å²) in [6.07, 6.45) is 0. The molecule has 10 nitrogen and oxygen atoms in total. The van der Waals surface area contributed by atoms with Crippen molar-refractivity contribution in [2.45, 2.75) is 11.8 Å². The van der Waals surface area contributed by atoms with Gasteiger partial charge in [-0.3, -0.25) is 25.3 Å². The van der Waals surface area contributed by atoms with Crippen molar-refractivity contribution in [3.8, 4) is 11.5 Å². The molecule has 2 rings (SSSR count). The lowest BCUT2D eigenvalue weighted by molar-refractivity contribution is -0.123. The van der Waals surface area contributed by atoms with Gasteiger partial charge >= 0.3 is 0 Å². The molecule has 2 amide bonds. The number of rotatable bonds is 9. The Morgan fingerprint density at radius 3 is 2.30 bits per heavy atom. The number of para-hydroxylation sites is 2. The third kappa shape index (κ3) is 5.92. The summed E-state index contributed by atoms with van der Waals surface area (Å²) in [5.74, 6) is -0.426. The van der Waals surface area contributed by atoms with Crippen LogP contribution in [0.1, 0.15) is 17.3 Å². The number of hydroxylamine groups is 1. The molecule has 0 spiro atoms. The lowest BCUT2D eigenvalue weighted by Crippen LogP contribution is -2.43. The number of carbonyl (C=O) groups is 2. The second-order valence-corrected chi connectivity index (χ2v) is 7.73. The molecule has 0 atom stereocenters. The molecule has 0 unspecified atom stereocenters. The summed E-state index contributed by atoms with van der Waals surface area (Å²) < 4.78 is 36.0. The summed E-state index contributed by atoms with van der Waals surface area (Å²) in [5, 5.41) is 0. The molecule has 0 heterocycles. The zero-order valence-electron chi connectivity index (χ0n) is 16.7. The van der Waals surface area contributed by atoms with Crippen LogP contribution in [-0.4, -0.2) is 52.1 Å². The van der Waals surface area contributed by atoms with Crippen molar-refractivity contribution in [3.63, 3.8) is 0 Å². The number of ether oxygens (including phenoxy) is 2. The van der Waals surface area contributed by atoms with Gasteiger partial charge in [-0.1, -0.05) is 22.7 Å². The number of amides is 2. The Hall–Kier alpha value is -3.15. The maximum Gasteiger partial charge on any atom is 0.276 e. The summed E-state index contributed by atoms with van der Waals surface area (Å²) in [4.78, 5) is 28.8. The van der Waals surface area contributed by atoms with Gasteiger partial charge < -0.3 is 9.47 Å². The van der Waals surface area contributed by atoms with E-state index in [1.807, 2.05) is 6.92 Å². The molecule has 0 aromatic heterocycles. The highest BCUT2D eigenvalue weighted by molar-refractivity contribution is 7.89. The van der Waals surface area contributed by atoms with Crippen molar-refractivity contribution < 1.29 is 32.3 Å². The molecule has 0 bridgehead atoms. The van der Waals surface area contributed by atoms with Gasteiger partial charge in [0.15, 0.2) is 18.1 Å². The van der Waals surface area contributed by atoms with Crippen LogP contribution in [0, 0.1) is 0 Å². The van der Waals surface area contributed by atoms with Gasteiger partial charge in [0, 0.05) is 12.6 Å². The van der Waals surface area contributed by atoms with E-state index in [9.17, 15) is 18.0 Å². The first-order valence-electron chi connectivity index (χ1n) is 8.86. The average molecular weight is 437 g/mol. The second kappa shape index (κ2) is 10.6. The van der Waals surface area contributed by atoms with Gasteiger partial charge in [-0.05, 0) is 37.3 Å². The minimum absolute atomic E-state index is 0.0310. The highest BCUT2D eigenvalue weighted by Crippen LogP contribution is 2.26. The molecule has 2 N–H and O–H groups in total. The van der Waals surface area contributed by atoms with Gasteiger partial charge in [-0.15, -0.1) is 0 Å². The molecule has 0 aliphatic carbocycles. The summed E-state index contributed by atoms with van der Waals surface area (Å²) >= 11 is 0. The number of carbonyl (C=O) groups excluding carboxylic acids is 2. The van der Waals surface area contributed by atoms with Gasteiger partial charge in [0.05, 0.1) is 18.6 Å². The van der Waals surface area contributed by atoms with Crippen LogP contribution in [0.2, 0.25) is 0 Å². The fourth-order valence-corrected chi connectivity index (χ4v) is 3.29. The SMILES string of the molecule is CCOc1ccccc1OCC(=O)NNC(=O)c1cccc(S(=O)(=O)N(C)OC)c1. The van der Waals surface area contributed by atoms with Crippen LogP contribution in [-0.2, 0) is 19.7 Å². The normalized spacial score (nSPS) is 11.1. The Labute approximate surface area is 174 Å². The van der Waals surface area contributed by atoms with E-state index in [1.165, 1.54) is 38.4 Å². The molecular formula is C19H23N3O7S. The number of hydrogen-bond acceptors (Lipinski definition) is 7. The predicted octanol–water partition coefficient (Wildman–Crippen LogP) is 1.11. The molecular weight excluding hydrogens is 414 g/mol. The quantitative estimate of drug-likeness (QED) is 0.563. The summed E-state index contributed by atoms with van der Waals surface area (Å²) in [7, 11) is -1.48. The first kappa shape index (κ1) is 23.1. The van der Waals surface area contributed by atoms with Crippen LogP contribution in [0.15, 0.2) is 53.4 Å². The standard InChI is InChI=1S/C19H23N3O7S/c1-4-28-16-10-5-6-11-17(16)29-13-18(23)20-21-19(24)14-8-7-9-15(12-14)30(25,26)22(2)27-3/h5-12H,4,13H2,1-3H3,(H,20,23)(H,21,24). The lowest BCUT2D eigenvalue weighted by atomic mass is 10.2. The van der Waals surface area contributed by atoms with Gasteiger partial charge in [0.2, 0.25) is 0 Å². The van der Waals surface area contributed by atoms with Gasteiger partial charge in [0.25, 0.3) is 21.8 Å². The van der Waals surface area contributed by atoms with Crippen molar-refractivity contribution in [1.82, 2.24) is 15.3 Å². The van der Waals surface area contributed by atoms with Gasteiger partial charge in [0.1, 0.15) is 0 Å². The molecule has 30 heavy (non-hydrogen) atoms. The molecule has 0 fully saturated rings. The average Bonchev–Trinajstić information content (AvgIpc) is 2.76. The largest absolute Gasteiger partial charge is 0.490 e. The van der Waals surface area contributed by atoms with Crippen molar-refractivity contribution in [2.24, 2.45) is 0 Å². The molecule has 2 aromatic rings. The van der Waals surface area contributed by atoms with Crippen molar-refractivity contribution >= 4 is 21.8 Å². The fraction of sp³-hybridized carbons (Fsp3) is 0.263. The number of hydrogen-bond donors (Lipinski definition) is 2. The molecule has 0 radical (unpaired) electrons. The molecule has 0 saturated carbocycles. The third-order valence-corrected chi connectivity index (χ3v) is 5.49. The predicted molar refractivity (Wildman–Crippen MR) is 107 cm³/mol. The first-order valence-corrected chi connectivity index (χ1v) is 10.3. The van der Waals surface area contributed by atoms with Gasteiger partial charge in [-0.25, -0.2) is 8.42 Å². The zero-order valence-corrected chi connectivity index (χ0v) is 17.6. The van der Waals surface area contributed by atoms with E-state index in [-0.39, 0.29) is 17.1 Å². The molecule has 11 heteroatoms. The Balaban J connectivity index is 1.95. The number of sulfonamides is 1. The minimum atomic E-state index is -3.91. The number of nitrogens with one attached hydrogen (secondary N) is 2. The second-order valence-electron chi connectivity index (χ2n) is 5.80. The highest BCUT2D eigenvalue weighted by Gasteiger charge is 2.22. The summed E-state index contributed by atoms with van der Waals surface area (Å²) in [6.45, 7) is 1.90. The smallest absolute Gasteiger partial charge is 0.276 e.